The van der Waals surface area contributed by atoms with Crippen molar-refractivity contribution >= 4 is 17.4 Å². The minimum Gasteiger partial charge on any atom is -0.497 e. The van der Waals surface area contributed by atoms with Gasteiger partial charge in [-0.05, 0) is 42.8 Å². The van der Waals surface area contributed by atoms with Crippen molar-refractivity contribution in [1.82, 2.24) is 9.97 Å². The number of hydrogen-bond donors (Lipinski definition) is 2. The lowest BCUT2D eigenvalue weighted by atomic mass is 10.2. The molecule has 2 aromatic carbocycles. The lowest BCUT2D eigenvalue weighted by Gasteiger charge is -2.10. The summed E-state index contributed by atoms with van der Waals surface area (Å²) in [7, 11) is 1.62. The zero-order chi connectivity index (χ0) is 19.2. The molecule has 0 spiro atoms. The predicted octanol–water partition coefficient (Wildman–Crippen LogP) is 3.80. The standard InChI is InChI=1S/C20H19FN4O2/c1-13-23-18(20(26)25-16-5-3-4-15(21)10-16)11-19(24-13)22-12-14-6-8-17(27-2)9-7-14/h3-11H,12H2,1-2H3,(H,25,26)(H,22,23,24). The number of hydrogen-bond acceptors (Lipinski definition) is 5. The summed E-state index contributed by atoms with van der Waals surface area (Å²) in [4.78, 5) is 20.9. The summed E-state index contributed by atoms with van der Waals surface area (Å²) in [5.41, 5.74) is 1.60. The highest BCUT2D eigenvalue weighted by atomic mass is 19.1. The van der Waals surface area contributed by atoms with Crippen LogP contribution in [0.4, 0.5) is 15.9 Å². The van der Waals surface area contributed by atoms with Crippen LogP contribution < -0.4 is 15.4 Å². The Hall–Kier alpha value is -3.48. The van der Waals surface area contributed by atoms with Gasteiger partial charge in [-0.15, -0.1) is 0 Å². The van der Waals surface area contributed by atoms with E-state index < -0.39 is 11.7 Å². The van der Waals surface area contributed by atoms with Gasteiger partial charge in [0.15, 0.2) is 0 Å². The van der Waals surface area contributed by atoms with Gasteiger partial charge < -0.3 is 15.4 Å². The minimum atomic E-state index is -0.432. The zero-order valence-corrected chi connectivity index (χ0v) is 15.0. The molecule has 27 heavy (non-hydrogen) atoms. The number of nitrogens with zero attached hydrogens (tertiary/aromatic N) is 2. The number of methoxy groups -OCH3 is 1. The van der Waals surface area contributed by atoms with E-state index in [1.807, 2.05) is 24.3 Å². The summed E-state index contributed by atoms with van der Waals surface area (Å²) in [5, 5.41) is 5.80. The van der Waals surface area contributed by atoms with Crippen LogP contribution in [-0.4, -0.2) is 23.0 Å². The minimum absolute atomic E-state index is 0.198. The average Bonchev–Trinajstić information content (AvgIpc) is 2.66. The molecule has 0 saturated carbocycles. The van der Waals surface area contributed by atoms with Crippen molar-refractivity contribution in [2.24, 2.45) is 0 Å². The van der Waals surface area contributed by atoms with E-state index in [1.54, 1.807) is 26.2 Å². The molecule has 0 saturated heterocycles. The van der Waals surface area contributed by atoms with Gasteiger partial charge in [0.1, 0.15) is 28.9 Å². The van der Waals surface area contributed by atoms with Gasteiger partial charge in [-0.2, -0.15) is 0 Å². The van der Waals surface area contributed by atoms with Crippen molar-refractivity contribution in [1.29, 1.82) is 0 Å². The van der Waals surface area contributed by atoms with E-state index in [-0.39, 0.29) is 5.69 Å². The van der Waals surface area contributed by atoms with Crippen LogP contribution in [0.25, 0.3) is 0 Å². The molecule has 0 aliphatic carbocycles. The van der Waals surface area contributed by atoms with Gasteiger partial charge in [0.2, 0.25) is 0 Å². The molecule has 0 aliphatic heterocycles. The van der Waals surface area contributed by atoms with E-state index in [4.69, 9.17) is 4.74 Å². The predicted molar refractivity (Wildman–Crippen MR) is 101 cm³/mol. The zero-order valence-electron chi connectivity index (χ0n) is 15.0. The summed E-state index contributed by atoms with van der Waals surface area (Å²) < 4.78 is 18.4. The molecule has 0 aliphatic rings. The summed E-state index contributed by atoms with van der Waals surface area (Å²) >= 11 is 0. The van der Waals surface area contributed by atoms with E-state index in [0.717, 1.165) is 11.3 Å². The molecule has 1 heterocycles. The Morgan fingerprint density at radius 3 is 2.59 bits per heavy atom. The van der Waals surface area contributed by atoms with Crippen molar-refractivity contribution in [2.75, 3.05) is 17.7 Å². The third-order valence-electron chi connectivity index (χ3n) is 3.79. The molecule has 3 rings (SSSR count). The molecule has 138 valence electrons. The first kappa shape index (κ1) is 18.3. The number of halogens is 1. The lowest BCUT2D eigenvalue weighted by molar-refractivity contribution is 0.102. The number of aromatic nitrogens is 2. The molecule has 0 radical (unpaired) electrons. The molecule has 7 heteroatoms. The maximum Gasteiger partial charge on any atom is 0.274 e. The molecule has 0 bridgehead atoms. The van der Waals surface area contributed by atoms with E-state index in [0.29, 0.717) is 23.9 Å². The number of amides is 1. The highest BCUT2D eigenvalue weighted by molar-refractivity contribution is 6.03. The quantitative estimate of drug-likeness (QED) is 0.694. The van der Waals surface area contributed by atoms with Crippen LogP contribution in [0, 0.1) is 12.7 Å². The molecule has 6 nitrogen and oxygen atoms in total. The second-order valence-electron chi connectivity index (χ2n) is 5.85. The van der Waals surface area contributed by atoms with Crippen LogP contribution >= 0.6 is 0 Å². The molecule has 0 unspecified atom stereocenters. The molecular formula is C20H19FN4O2. The van der Waals surface area contributed by atoms with E-state index in [2.05, 4.69) is 20.6 Å². The maximum atomic E-state index is 13.3. The largest absolute Gasteiger partial charge is 0.497 e. The number of aryl methyl sites for hydroxylation is 1. The lowest BCUT2D eigenvalue weighted by Crippen LogP contribution is -2.16. The number of anilines is 2. The fourth-order valence-electron chi connectivity index (χ4n) is 2.47. The fraction of sp³-hybridized carbons (Fsp3) is 0.150. The number of carbonyl (C=O) groups excluding carboxylic acids is 1. The number of ether oxygens (including phenoxy) is 1. The Balaban J connectivity index is 1.70. The van der Waals surface area contributed by atoms with Crippen molar-refractivity contribution in [3.8, 4) is 5.75 Å². The van der Waals surface area contributed by atoms with Crippen molar-refractivity contribution in [3.63, 3.8) is 0 Å². The van der Waals surface area contributed by atoms with Gasteiger partial charge in [0.05, 0.1) is 7.11 Å². The fourth-order valence-corrected chi connectivity index (χ4v) is 2.47. The van der Waals surface area contributed by atoms with Gasteiger partial charge in [0.25, 0.3) is 5.91 Å². The van der Waals surface area contributed by atoms with Gasteiger partial charge in [-0.3, -0.25) is 4.79 Å². The Kier molecular flexibility index (Phi) is 5.61. The molecular weight excluding hydrogens is 347 g/mol. The third kappa shape index (κ3) is 5.01. The SMILES string of the molecule is COc1ccc(CNc2cc(C(=O)Nc3cccc(F)c3)nc(C)n2)cc1. The summed E-state index contributed by atoms with van der Waals surface area (Å²) in [6.45, 7) is 2.24. The van der Waals surface area contributed by atoms with Crippen LogP contribution in [0.1, 0.15) is 21.9 Å². The molecule has 1 aromatic heterocycles. The van der Waals surface area contributed by atoms with E-state index in [1.165, 1.54) is 18.2 Å². The number of benzene rings is 2. The molecule has 0 fully saturated rings. The van der Waals surface area contributed by atoms with Crippen LogP contribution in [0.3, 0.4) is 0 Å². The second kappa shape index (κ2) is 8.27. The third-order valence-corrected chi connectivity index (χ3v) is 3.79. The number of carbonyl (C=O) groups is 1. The van der Waals surface area contributed by atoms with Gasteiger partial charge >= 0.3 is 0 Å². The summed E-state index contributed by atoms with van der Waals surface area (Å²) in [6, 6.07) is 14.9. The maximum absolute atomic E-state index is 13.3. The Morgan fingerprint density at radius 2 is 1.89 bits per heavy atom. The van der Waals surface area contributed by atoms with Gasteiger partial charge in [-0.25, -0.2) is 14.4 Å². The van der Waals surface area contributed by atoms with Crippen molar-refractivity contribution in [2.45, 2.75) is 13.5 Å². The second-order valence-corrected chi connectivity index (χ2v) is 5.85. The monoisotopic (exact) mass is 366 g/mol. The van der Waals surface area contributed by atoms with E-state index in [9.17, 15) is 9.18 Å². The van der Waals surface area contributed by atoms with Crippen molar-refractivity contribution in [3.05, 3.63) is 77.5 Å². The molecule has 3 aromatic rings. The normalized spacial score (nSPS) is 10.3. The highest BCUT2D eigenvalue weighted by Gasteiger charge is 2.11. The smallest absolute Gasteiger partial charge is 0.274 e. The van der Waals surface area contributed by atoms with Crippen molar-refractivity contribution < 1.29 is 13.9 Å². The summed E-state index contributed by atoms with van der Waals surface area (Å²) in [5.74, 6) is 0.918. The van der Waals surface area contributed by atoms with Crippen LogP contribution in [-0.2, 0) is 6.54 Å². The average molecular weight is 366 g/mol. The van der Waals surface area contributed by atoms with Gasteiger partial charge in [0, 0.05) is 18.3 Å². The first-order chi connectivity index (χ1) is 13.0. The Bertz CT molecular complexity index is 945. The number of nitrogens with one attached hydrogen (secondary N) is 2. The van der Waals surface area contributed by atoms with E-state index >= 15 is 0 Å². The first-order valence-electron chi connectivity index (χ1n) is 8.33. The van der Waals surface area contributed by atoms with Crippen LogP contribution in [0.5, 0.6) is 5.75 Å². The van der Waals surface area contributed by atoms with Gasteiger partial charge in [-0.1, -0.05) is 18.2 Å². The molecule has 2 N–H and O–H groups in total. The molecule has 1 amide bonds. The number of rotatable bonds is 6. The highest BCUT2D eigenvalue weighted by Crippen LogP contribution is 2.15. The summed E-state index contributed by atoms with van der Waals surface area (Å²) in [6.07, 6.45) is 0. The van der Waals surface area contributed by atoms with Crippen LogP contribution in [0.15, 0.2) is 54.6 Å². The molecule has 0 atom stereocenters. The Morgan fingerprint density at radius 1 is 1.11 bits per heavy atom. The topological polar surface area (TPSA) is 76.1 Å². The van der Waals surface area contributed by atoms with Crippen LogP contribution in [0.2, 0.25) is 0 Å². The first-order valence-corrected chi connectivity index (χ1v) is 8.33. The Labute approximate surface area is 156 Å².